The fourth-order valence-corrected chi connectivity index (χ4v) is 3.85. The van der Waals surface area contributed by atoms with Crippen LogP contribution in [0, 0.1) is 0 Å². The summed E-state index contributed by atoms with van der Waals surface area (Å²) in [6.45, 7) is 2.84. The van der Waals surface area contributed by atoms with Gasteiger partial charge in [-0.1, -0.05) is 25.1 Å². The lowest BCUT2D eigenvalue weighted by atomic mass is 10.1. The lowest BCUT2D eigenvalue weighted by molar-refractivity contribution is 0.320. The molecule has 1 N–H and O–H groups in total. The molecule has 1 aliphatic rings. The number of thioether (sulfide) groups is 1. The van der Waals surface area contributed by atoms with Gasteiger partial charge in [0.2, 0.25) is 0 Å². The highest BCUT2D eigenvalue weighted by molar-refractivity contribution is 7.99. The summed E-state index contributed by atoms with van der Waals surface area (Å²) < 4.78 is 5.87. The zero-order valence-corrected chi connectivity index (χ0v) is 14.4. The van der Waals surface area contributed by atoms with Crippen molar-refractivity contribution in [2.45, 2.75) is 32.2 Å². The Morgan fingerprint density at radius 2 is 2.13 bits per heavy atom. The molecule has 0 bridgehead atoms. The van der Waals surface area contributed by atoms with Crippen LogP contribution in [0.3, 0.4) is 0 Å². The third-order valence-corrected chi connectivity index (χ3v) is 5.18. The highest BCUT2D eigenvalue weighted by Crippen LogP contribution is 2.17. The number of nitrogens with zero attached hydrogens (tertiary/aromatic N) is 1. The first kappa shape index (κ1) is 16.3. The van der Waals surface area contributed by atoms with Crippen molar-refractivity contribution in [2.75, 3.05) is 18.2 Å². The molecule has 0 radical (unpaired) electrons. The second kappa shape index (κ2) is 8.37. The van der Waals surface area contributed by atoms with E-state index in [2.05, 4.69) is 47.6 Å². The molecule has 1 unspecified atom stereocenters. The molecule has 3 nitrogen and oxygen atoms in total. The maximum atomic E-state index is 5.87. The van der Waals surface area contributed by atoms with Gasteiger partial charge in [0.05, 0.1) is 6.61 Å². The van der Waals surface area contributed by atoms with E-state index in [1.807, 2.05) is 24.0 Å². The van der Waals surface area contributed by atoms with Gasteiger partial charge in [-0.25, -0.2) is 0 Å². The van der Waals surface area contributed by atoms with Crippen LogP contribution in [0.15, 0.2) is 42.6 Å². The summed E-state index contributed by atoms with van der Waals surface area (Å²) in [5, 5.41) is 3.51. The first-order valence-corrected chi connectivity index (χ1v) is 9.46. The molecule has 122 valence electrons. The molecule has 1 aliphatic heterocycles. The second-order valence-electron chi connectivity index (χ2n) is 5.83. The summed E-state index contributed by atoms with van der Waals surface area (Å²) in [7, 11) is 0. The normalized spacial score (nSPS) is 17.3. The minimum absolute atomic E-state index is 0.614. The molecule has 1 aromatic carbocycles. The Hall–Kier alpha value is -1.52. The van der Waals surface area contributed by atoms with E-state index in [1.54, 1.807) is 0 Å². The standard InChI is InChI=1S/C19H24N2OS/c1-2-16-4-3-10-20-19(16)9-11-22-18-7-5-15(6-8-18)12-17-13-23-14-21-17/h3-8,10,17,21H,2,9,11-14H2,1H3. The first-order valence-electron chi connectivity index (χ1n) is 8.31. The van der Waals surface area contributed by atoms with E-state index < -0.39 is 0 Å². The molecule has 1 atom stereocenters. The summed E-state index contributed by atoms with van der Waals surface area (Å²) in [4.78, 5) is 4.46. The smallest absolute Gasteiger partial charge is 0.119 e. The predicted molar refractivity (Wildman–Crippen MR) is 97.2 cm³/mol. The Labute approximate surface area is 142 Å². The van der Waals surface area contributed by atoms with Gasteiger partial charge in [0.15, 0.2) is 0 Å². The number of pyridine rings is 1. The molecule has 2 aromatic rings. The first-order chi connectivity index (χ1) is 11.3. The lowest BCUT2D eigenvalue weighted by Gasteiger charge is -2.11. The second-order valence-corrected chi connectivity index (χ2v) is 6.86. The Morgan fingerprint density at radius 1 is 1.26 bits per heavy atom. The predicted octanol–water partition coefficient (Wildman–Crippen LogP) is 3.47. The highest BCUT2D eigenvalue weighted by Gasteiger charge is 2.14. The van der Waals surface area contributed by atoms with Crippen LogP contribution in [0.25, 0.3) is 0 Å². The third-order valence-electron chi connectivity index (χ3n) is 4.17. The van der Waals surface area contributed by atoms with Crippen LogP contribution < -0.4 is 10.1 Å². The molecule has 23 heavy (non-hydrogen) atoms. The van der Waals surface area contributed by atoms with Gasteiger partial charge in [0.1, 0.15) is 5.75 Å². The molecule has 0 spiro atoms. The van der Waals surface area contributed by atoms with Crippen molar-refractivity contribution in [1.29, 1.82) is 0 Å². The van der Waals surface area contributed by atoms with Gasteiger partial charge in [-0.05, 0) is 42.2 Å². The van der Waals surface area contributed by atoms with Crippen LogP contribution >= 0.6 is 11.8 Å². The summed E-state index contributed by atoms with van der Waals surface area (Å²) in [5.74, 6) is 3.23. The molecule has 4 heteroatoms. The van der Waals surface area contributed by atoms with Crippen molar-refractivity contribution in [1.82, 2.24) is 10.3 Å². The van der Waals surface area contributed by atoms with Crippen molar-refractivity contribution in [2.24, 2.45) is 0 Å². The van der Waals surface area contributed by atoms with E-state index >= 15 is 0 Å². The fraction of sp³-hybridized carbons (Fsp3) is 0.421. The molecule has 1 fully saturated rings. The maximum absolute atomic E-state index is 5.87. The SMILES string of the molecule is CCc1cccnc1CCOc1ccc(CC2CSCN2)cc1. The average molecular weight is 328 g/mol. The largest absolute Gasteiger partial charge is 0.493 e. The molecule has 0 aliphatic carbocycles. The van der Waals surface area contributed by atoms with Gasteiger partial charge in [-0.15, -0.1) is 11.8 Å². The molecule has 3 rings (SSSR count). The zero-order valence-electron chi connectivity index (χ0n) is 13.6. The number of nitrogens with one attached hydrogen (secondary N) is 1. The van der Waals surface area contributed by atoms with E-state index in [1.165, 1.54) is 16.9 Å². The Morgan fingerprint density at radius 3 is 2.87 bits per heavy atom. The van der Waals surface area contributed by atoms with Gasteiger partial charge < -0.3 is 10.1 Å². The molecular formula is C19H24N2OS. The Bertz CT molecular complexity index is 609. The topological polar surface area (TPSA) is 34.1 Å². The fourth-order valence-electron chi connectivity index (χ4n) is 2.86. The number of rotatable bonds is 7. The number of aromatic nitrogens is 1. The van der Waals surface area contributed by atoms with Crippen LogP contribution in [-0.4, -0.2) is 29.3 Å². The van der Waals surface area contributed by atoms with E-state index in [0.717, 1.165) is 36.6 Å². The molecule has 1 saturated heterocycles. The summed E-state index contributed by atoms with van der Waals surface area (Å²) in [5.41, 5.74) is 3.83. The quantitative estimate of drug-likeness (QED) is 0.844. The molecule has 1 aromatic heterocycles. The van der Waals surface area contributed by atoms with Gasteiger partial charge in [0, 0.05) is 36.0 Å². The number of aryl methyl sites for hydroxylation is 1. The minimum Gasteiger partial charge on any atom is -0.493 e. The van der Waals surface area contributed by atoms with Crippen molar-refractivity contribution in [3.63, 3.8) is 0 Å². The van der Waals surface area contributed by atoms with Crippen LogP contribution in [0.1, 0.15) is 23.7 Å². The van der Waals surface area contributed by atoms with Gasteiger partial charge in [0.25, 0.3) is 0 Å². The number of ether oxygens (including phenoxy) is 1. The number of hydrogen-bond donors (Lipinski definition) is 1. The summed E-state index contributed by atoms with van der Waals surface area (Å²) in [6.07, 6.45) is 4.83. The maximum Gasteiger partial charge on any atom is 0.119 e. The third kappa shape index (κ3) is 4.72. The number of hydrogen-bond acceptors (Lipinski definition) is 4. The summed E-state index contributed by atoms with van der Waals surface area (Å²) >= 11 is 1.97. The van der Waals surface area contributed by atoms with Crippen molar-refractivity contribution >= 4 is 11.8 Å². The minimum atomic E-state index is 0.614. The molecule has 0 amide bonds. The monoisotopic (exact) mass is 328 g/mol. The molecule has 0 saturated carbocycles. The van der Waals surface area contributed by atoms with Crippen molar-refractivity contribution in [3.8, 4) is 5.75 Å². The van der Waals surface area contributed by atoms with Crippen molar-refractivity contribution < 1.29 is 4.74 Å². The van der Waals surface area contributed by atoms with E-state index in [-0.39, 0.29) is 0 Å². The van der Waals surface area contributed by atoms with Gasteiger partial charge >= 0.3 is 0 Å². The molecule has 2 heterocycles. The van der Waals surface area contributed by atoms with Crippen molar-refractivity contribution in [3.05, 3.63) is 59.4 Å². The highest BCUT2D eigenvalue weighted by atomic mass is 32.2. The van der Waals surface area contributed by atoms with E-state index in [0.29, 0.717) is 12.6 Å². The lowest BCUT2D eigenvalue weighted by Crippen LogP contribution is -2.25. The van der Waals surface area contributed by atoms with Gasteiger partial charge in [-0.3, -0.25) is 4.98 Å². The Balaban J connectivity index is 1.48. The van der Waals surface area contributed by atoms with E-state index in [9.17, 15) is 0 Å². The zero-order chi connectivity index (χ0) is 15.9. The average Bonchev–Trinajstić information content (AvgIpc) is 3.10. The van der Waals surface area contributed by atoms with Crippen LogP contribution in [0.5, 0.6) is 5.75 Å². The van der Waals surface area contributed by atoms with Crippen LogP contribution in [0.2, 0.25) is 0 Å². The van der Waals surface area contributed by atoms with Crippen LogP contribution in [0.4, 0.5) is 0 Å². The molecular weight excluding hydrogens is 304 g/mol. The summed E-state index contributed by atoms with van der Waals surface area (Å²) in [6, 6.07) is 13.3. The van der Waals surface area contributed by atoms with E-state index in [4.69, 9.17) is 4.74 Å². The Kier molecular flexibility index (Phi) is 5.94. The van der Waals surface area contributed by atoms with Gasteiger partial charge in [-0.2, -0.15) is 0 Å². The van der Waals surface area contributed by atoms with Crippen LogP contribution in [-0.2, 0) is 19.3 Å². The number of benzene rings is 1.